The van der Waals surface area contributed by atoms with Crippen molar-refractivity contribution in [2.24, 2.45) is 0 Å². The summed E-state index contributed by atoms with van der Waals surface area (Å²) in [7, 11) is 0. The molecule has 0 atom stereocenters. The number of hydrogen-bond donors (Lipinski definition) is 0. The Kier molecular flexibility index (Phi) is 4.07. The zero-order valence-electron chi connectivity index (χ0n) is 8.08. The summed E-state index contributed by atoms with van der Waals surface area (Å²) in [6, 6.07) is 16.4. The van der Waals surface area contributed by atoms with Crippen molar-refractivity contribution < 1.29 is 24.6 Å². The van der Waals surface area contributed by atoms with Crippen molar-refractivity contribution in [1.29, 1.82) is 0 Å². The molecule has 3 heteroatoms. The predicted octanol–water partition coefficient (Wildman–Crippen LogP) is 3.03. The van der Waals surface area contributed by atoms with Crippen LogP contribution in [0.25, 0.3) is 0 Å². The fourth-order valence-corrected chi connectivity index (χ4v) is 7.19. The molecule has 0 nitrogen and oxygen atoms in total. The van der Waals surface area contributed by atoms with Crippen LogP contribution in [0.15, 0.2) is 48.5 Å². The first-order valence-corrected chi connectivity index (χ1v) is 11.0. The minimum atomic E-state index is -1.16. The van der Waals surface area contributed by atoms with E-state index in [0.29, 0.717) is 0 Å². The molecule has 0 unspecified atom stereocenters. The molecule has 2 aromatic carbocycles. The van der Waals surface area contributed by atoms with Crippen LogP contribution < -0.4 is 6.14 Å². The molecule has 0 fully saturated rings. The van der Waals surface area contributed by atoms with Gasteiger partial charge in [-0.2, -0.15) is 0 Å². The minimum absolute atomic E-state index is 0.809. The fraction of sp³-hybridized carbons (Fsp3) is 0. The Bertz CT molecular complexity index is 391. The summed E-state index contributed by atoms with van der Waals surface area (Å²) in [5, 5.41) is 1.62. The van der Waals surface area contributed by atoms with Gasteiger partial charge in [-0.1, -0.05) is 0 Å². The van der Waals surface area contributed by atoms with Gasteiger partial charge in [0.1, 0.15) is 0 Å². The Labute approximate surface area is 112 Å². The molecule has 0 saturated carbocycles. The molecule has 0 aliphatic carbocycles. The van der Waals surface area contributed by atoms with Crippen molar-refractivity contribution in [3.8, 4) is 0 Å². The van der Waals surface area contributed by atoms with Crippen LogP contribution in [0.3, 0.4) is 0 Å². The van der Waals surface area contributed by atoms with Crippen LogP contribution in [0.4, 0.5) is 0 Å². The molecule has 72 valence electrons. The van der Waals surface area contributed by atoms with Gasteiger partial charge in [-0.25, -0.2) is 0 Å². The van der Waals surface area contributed by atoms with E-state index < -0.39 is 24.6 Å². The molecule has 2 rings (SSSR count). The monoisotopic (exact) mass is 424 g/mol. The molecule has 0 saturated heterocycles. The summed E-state index contributed by atoms with van der Waals surface area (Å²) in [5.41, 5.74) is 0. The maximum absolute atomic E-state index is 5.84. The second kappa shape index (κ2) is 5.33. The molecule has 0 heterocycles. The van der Waals surface area contributed by atoms with Gasteiger partial charge in [0.05, 0.1) is 0 Å². The molecule has 15 heavy (non-hydrogen) atoms. The summed E-state index contributed by atoms with van der Waals surface area (Å²) < 4.78 is 2.95. The van der Waals surface area contributed by atoms with Gasteiger partial charge in [0, 0.05) is 0 Å². The third-order valence-electron chi connectivity index (χ3n) is 2.23. The summed E-state index contributed by atoms with van der Waals surface area (Å²) in [4.78, 5) is 0. The number of hydrogen-bond acceptors (Lipinski definition) is 0. The van der Waals surface area contributed by atoms with Crippen molar-refractivity contribution in [3.05, 3.63) is 58.6 Å². The maximum atomic E-state index is 5.84. The van der Waals surface area contributed by atoms with E-state index >= 15 is 0 Å². The molecule has 0 amide bonds. The molecule has 0 aliphatic rings. The van der Waals surface area contributed by atoms with E-state index in [1.807, 2.05) is 24.3 Å². The number of rotatable bonds is 2. The predicted molar refractivity (Wildman–Crippen MR) is 62.2 cm³/mol. The van der Waals surface area contributed by atoms with E-state index in [1.54, 1.807) is 0 Å². The molecule has 2 aromatic rings. The standard InChI is InChI=1S/2C6H4Cl.Hg/c2*7-6-4-2-1-3-5-6;/h2*2-5H;. The van der Waals surface area contributed by atoms with Crippen LogP contribution in [0.5, 0.6) is 0 Å². The first-order chi connectivity index (χ1) is 7.24. The second-order valence-corrected chi connectivity index (χ2v) is 12.0. The van der Waals surface area contributed by atoms with Gasteiger partial charge in [-0.15, -0.1) is 0 Å². The third-order valence-corrected chi connectivity index (χ3v) is 9.58. The molecular weight excluding hydrogens is 416 g/mol. The Hall–Kier alpha value is -0.0449. The van der Waals surface area contributed by atoms with Crippen LogP contribution in [0.2, 0.25) is 10.0 Å². The molecular formula is C12H8Cl2Hg. The average Bonchev–Trinajstić information content (AvgIpc) is 2.25. The van der Waals surface area contributed by atoms with Gasteiger partial charge in [-0.05, 0) is 0 Å². The SMILES string of the molecule is Clc1cc[c]([Hg][c]2ccc(Cl)cc2)cc1. The fourth-order valence-electron chi connectivity index (χ4n) is 1.44. The number of benzene rings is 2. The molecule has 0 spiro atoms. The topological polar surface area (TPSA) is 0 Å². The molecule has 0 aliphatic heterocycles. The Balaban J connectivity index is 2.15. The first kappa shape index (κ1) is 11.4. The van der Waals surface area contributed by atoms with Crippen molar-refractivity contribution >= 4 is 29.3 Å². The van der Waals surface area contributed by atoms with E-state index in [1.165, 1.54) is 6.14 Å². The van der Waals surface area contributed by atoms with Gasteiger partial charge < -0.3 is 0 Å². The van der Waals surface area contributed by atoms with Crippen molar-refractivity contribution in [3.63, 3.8) is 0 Å². The van der Waals surface area contributed by atoms with E-state index in [0.717, 1.165) is 10.0 Å². The Morgan fingerprint density at radius 3 is 1.27 bits per heavy atom. The summed E-state index contributed by atoms with van der Waals surface area (Å²) >= 11 is 10.5. The van der Waals surface area contributed by atoms with Gasteiger partial charge in [0.15, 0.2) is 0 Å². The Morgan fingerprint density at radius 2 is 0.933 bits per heavy atom. The second-order valence-electron chi connectivity index (χ2n) is 3.43. The van der Waals surface area contributed by atoms with Crippen molar-refractivity contribution in [2.45, 2.75) is 0 Å². The van der Waals surface area contributed by atoms with Gasteiger partial charge >= 0.3 is 112 Å². The summed E-state index contributed by atoms with van der Waals surface area (Å²) in [6.07, 6.45) is 0. The number of halogens is 2. The molecule has 0 aromatic heterocycles. The third kappa shape index (κ3) is 3.48. The zero-order chi connectivity index (χ0) is 10.7. The molecule has 0 N–H and O–H groups in total. The van der Waals surface area contributed by atoms with Crippen molar-refractivity contribution in [2.75, 3.05) is 0 Å². The van der Waals surface area contributed by atoms with E-state index in [2.05, 4.69) is 24.3 Å². The van der Waals surface area contributed by atoms with Crippen LogP contribution in [-0.2, 0) is 24.6 Å². The van der Waals surface area contributed by atoms with Gasteiger partial charge in [0.2, 0.25) is 0 Å². The van der Waals surface area contributed by atoms with Gasteiger partial charge in [0.25, 0.3) is 0 Å². The summed E-state index contributed by atoms with van der Waals surface area (Å²) in [6.45, 7) is 0. The van der Waals surface area contributed by atoms with Crippen LogP contribution >= 0.6 is 23.2 Å². The Morgan fingerprint density at radius 1 is 0.600 bits per heavy atom. The van der Waals surface area contributed by atoms with E-state index in [4.69, 9.17) is 23.2 Å². The van der Waals surface area contributed by atoms with E-state index in [-0.39, 0.29) is 0 Å². The van der Waals surface area contributed by atoms with Gasteiger partial charge in [-0.3, -0.25) is 0 Å². The van der Waals surface area contributed by atoms with E-state index in [9.17, 15) is 0 Å². The average molecular weight is 424 g/mol. The quantitative estimate of drug-likeness (QED) is 0.652. The van der Waals surface area contributed by atoms with Crippen LogP contribution in [0, 0.1) is 0 Å². The first-order valence-electron chi connectivity index (χ1n) is 4.73. The zero-order valence-corrected chi connectivity index (χ0v) is 15.1. The molecule has 0 radical (unpaired) electrons. The van der Waals surface area contributed by atoms with Crippen molar-refractivity contribution in [1.82, 2.24) is 0 Å². The summed E-state index contributed by atoms with van der Waals surface area (Å²) in [5.74, 6) is 0. The van der Waals surface area contributed by atoms with Crippen LogP contribution in [-0.4, -0.2) is 0 Å². The normalized spacial score (nSPS) is 9.73. The molecule has 0 bridgehead atoms. The van der Waals surface area contributed by atoms with Crippen LogP contribution in [0.1, 0.15) is 0 Å².